The molecule has 1 aliphatic rings. The largest absolute Gasteiger partial charge is 0.348 e. The number of carbonyl (C=O) groups is 1. The summed E-state index contributed by atoms with van der Waals surface area (Å²) < 4.78 is 23.2. The van der Waals surface area contributed by atoms with Crippen LogP contribution in [0.3, 0.4) is 0 Å². The SMILES string of the molecule is NS(=O)(=O)c1cc(C(=O)NCc2ccc(CN3CCCCC3)cc2)c(Cl)cc1Cl. The minimum atomic E-state index is -4.07. The lowest BCUT2D eigenvalue weighted by molar-refractivity contribution is 0.0951. The molecule has 1 amide bonds. The van der Waals surface area contributed by atoms with Crippen LogP contribution in [0, 0.1) is 0 Å². The standard InChI is InChI=1S/C20H23Cl2N3O3S/c21-17-11-18(22)19(29(23,27)28)10-16(17)20(26)24-12-14-4-6-15(7-5-14)13-25-8-2-1-3-9-25/h4-7,10-11H,1-3,8-9,12-13H2,(H,24,26)(H2,23,27,28). The zero-order chi connectivity index (χ0) is 21.0. The van der Waals surface area contributed by atoms with E-state index >= 15 is 0 Å². The highest BCUT2D eigenvalue weighted by molar-refractivity contribution is 7.89. The van der Waals surface area contributed by atoms with E-state index in [2.05, 4.69) is 22.3 Å². The highest BCUT2D eigenvalue weighted by atomic mass is 35.5. The molecule has 1 fully saturated rings. The molecule has 0 saturated carbocycles. The van der Waals surface area contributed by atoms with Gasteiger partial charge in [-0.25, -0.2) is 13.6 Å². The van der Waals surface area contributed by atoms with Crippen LogP contribution >= 0.6 is 23.2 Å². The van der Waals surface area contributed by atoms with Gasteiger partial charge in [-0.05, 0) is 49.2 Å². The number of nitrogens with zero attached hydrogens (tertiary/aromatic N) is 1. The average Bonchev–Trinajstić information content (AvgIpc) is 2.67. The van der Waals surface area contributed by atoms with Crippen molar-refractivity contribution in [1.29, 1.82) is 0 Å². The van der Waals surface area contributed by atoms with Crippen LogP contribution in [0.1, 0.15) is 40.7 Å². The summed E-state index contributed by atoms with van der Waals surface area (Å²) in [5.74, 6) is -0.506. The van der Waals surface area contributed by atoms with E-state index in [1.54, 1.807) is 0 Å². The number of amides is 1. The normalized spacial score (nSPS) is 15.3. The summed E-state index contributed by atoms with van der Waals surface area (Å²) in [7, 11) is -4.07. The van der Waals surface area contributed by atoms with Gasteiger partial charge in [-0.1, -0.05) is 53.9 Å². The van der Waals surface area contributed by atoms with Gasteiger partial charge in [0.15, 0.2) is 0 Å². The number of likely N-dealkylation sites (tertiary alicyclic amines) is 1. The van der Waals surface area contributed by atoms with Crippen molar-refractivity contribution in [2.45, 2.75) is 37.2 Å². The Morgan fingerprint density at radius 1 is 1.00 bits per heavy atom. The van der Waals surface area contributed by atoms with Gasteiger partial charge >= 0.3 is 0 Å². The zero-order valence-corrected chi connectivity index (χ0v) is 18.2. The van der Waals surface area contributed by atoms with Gasteiger partial charge in [0, 0.05) is 13.1 Å². The van der Waals surface area contributed by atoms with Crippen molar-refractivity contribution in [2.24, 2.45) is 5.14 Å². The Morgan fingerprint density at radius 3 is 2.24 bits per heavy atom. The second-order valence-corrected chi connectivity index (χ2v) is 9.49. The lowest BCUT2D eigenvalue weighted by Gasteiger charge is -2.26. The molecule has 0 aromatic heterocycles. The Kier molecular flexibility index (Phi) is 7.19. The molecule has 1 saturated heterocycles. The first kappa shape index (κ1) is 22.1. The number of nitrogens with one attached hydrogen (secondary N) is 1. The first-order valence-corrected chi connectivity index (χ1v) is 11.6. The highest BCUT2D eigenvalue weighted by Gasteiger charge is 2.19. The van der Waals surface area contributed by atoms with Crippen molar-refractivity contribution in [3.8, 4) is 0 Å². The molecular formula is C20H23Cl2N3O3S. The van der Waals surface area contributed by atoms with Crippen LogP contribution in [0.2, 0.25) is 10.0 Å². The number of hydrogen-bond acceptors (Lipinski definition) is 4. The Morgan fingerprint density at radius 2 is 1.62 bits per heavy atom. The van der Waals surface area contributed by atoms with Gasteiger partial charge in [-0.15, -0.1) is 0 Å². The molecule has 3 rings (SSSR count). The number of rotatable bonds is 6. The van der Waals surface area contributed by atoms with E-state index in [1.807, 2.05) is 12.1 Å². The predicted octanol–water partition coefficient (Wildman–Crippen LogP) is 3.56. The third-order valence-electron chi connectivity index (χ3n) is 4.90. The molecule has 2 aromatic rings. The Balaban J connectivity index is 1.63. The lowest BCUT2D eigenvalue weighted by atomic mass is 10.1. The molecule has 3 N–H and O–H groups in total. The summed E-state index contributed by atoms with van der Waals surface area (Å²) in [6, 6.07) is 10.4. The Hall–Kier alpha value is -1.64. The third kappa shape index (κ3) is 5.93. The minimum Gasteiger partial charge on any atom is -0.348 e. The maximum Gasteiger partial charge on any atom is 0.253 e. The van der Waals surface area contributed by atoms with Crippen molar-refractivity contribution >= 4 is 39.1 Å². The molecule has 9 heteroatoms. The van der Waals surface area contributed by atoms with Crippen LogP contribution in [-0.4, -0.2) is 32.3 Å². The first-order valence-electron chi connectivity index (χ1n) is 9.34. The molecule has 1 aliphatic heterocycles. The van der Waals surface area contributed by atoms with Gasteiger partial charge in [-0.3, -0.25) is 9.69 Å². The molecule has 156 valence electrons. The fourth-order valence-electron chi connectivity index (χ4n) is 3.34. The molecule has 2 aromatic carbocycles. The van der Waals surface area contributed by atoms with Crippen molar-refractivity contribution < 1.29 is 13.2 Å². The van der Waals surface area contributed by atoms with E-state index in [-0.39, 0.29) is 27.0 Å². The summed E-state index contributed by atoms with van der Waals surface area (Å²) in [4.78, 5) is 14.6. The Labute approximate surface area is 181 Å². The number of benzene rings is 2. The number of piperidine rings is 1. The van der Waals surface area contributed by atoms with Gasteiger partial charge in [0.25, 0.3) is 5.91 Å². The smallest absolute Gasteiger partial charge is 0.253 e. The van der Waals surface area contributed by atoms with Crippen LogP contribution in [-0.2, 0) is 23.1 Å². The fraction of sp³-hybridized carbons (Fsp3) is 0.350. The maximum absolute atomic E-state index is 12.5. The Bertz CT molecular complexity index is 989. The number of halogens is 2. The quantitative estimate of drug-likeness (QED) is 0.696. The number of sulfonamides is 1. The van der Waals surface area contributed by atoms with E-state index in [0.717, 1.165) is 31.3 Å². The van der Waals surface area contributed by atoms with Crippen LogP contribution < -0.4 is 10.5 Å². The van der Waals surface area contributed by atoms with E-state index in [0.29, 0.717) is 0 Å². The van der Waals surface area contributed by atoms with Crippen LogP contribution in [0.15, 0.2) is 41.3 Å². The molecule has 0 atom stereocenters. The van der Waals surface area contributed by atoms with Gasteiger partial charge in [0.05, 0.1) is 15.6 Å². The highest BCUT2D eigenvalue weighted by Crippen LogP contribution is 2.28. The lowest BCUT2D eigenvalue weighted by Crippen LogP contribution is -2.29. The number of nitrogens with two attached hydrogens (primary N) is 1. The van der Waals surface area contributed by atoms with Crippen molar-refractivity contribution in [3.63, 3.8) is 0 Å². The maximum atomic E-state index is 12.5. The topological polar surface area (TPSA) is 92.5 Å². The monoisotopic (exact) mass is 455 g/mol. The van der Waals surface area contributed by atoms with E-state index < -0.39 is 15.9 Å². The van der Waals surface area contributed by atoms with Gasteiger partial charge in [0.2, 0.25) is 10.0 Å². The van der Waals surface area contributed by atoms with Gasteiger partial charge in [-0.2, -0.15) is 0 Å². The van der Waals surface area contributed by atoms with Crippen LogP contribution in [0.5, 0.6) is 0 Å². The van der Waals surface area contributed by atoms with Gasteiger partial charge in [0.1, 0.15) is 4.90 Å². The van der Waals surface area contributed by atoms with Crippen molar-refractivity contribution in [3.05, 3.63) is 63.1 Å². The van der Waals surface area contributed by atoms with E-state index in [9.17, 15) is 13.2 Å². The predicted molar refractivity (Wildman–Crippen MR) is 115 cm³/mol. The van der Waals surface area contributed by atoms with Gasteiger partial charge < -0.3 is 5.32 Å². The molecule has 0 bridgehead atoms. The molecule has 0 aliphatic carbocycles. The second kappa shape index (κ2) is 9.45. The molecule has 6 nitrogen and oxygen atoms in total. The molecule has 1 heterocycles. The van der Waals surface area contributed by atoms with Crippen LogP contribution in [0.4, 0.5) is 0 Å². The summed E-state index contributed by atoms with van der Waals surface area (Å²) in [5.41, 5.74) is 2.17. The summed E-state index contributed by atoms with van der Waals surface area (Å²) >= 11 is 11.9. The first-order chi connectivity index (χ1) is 13.7. The molecular weight excluding hydrogens is 433 g/mol. The molecule has 0 radical (unpaired) electrons. The van der Waals surface area contributed by atoms with Crippen molar-refractivity contribution in [1.82, 2.24) is 10.2 Å². The van der Waals surface area contributed by atoms with Crippen molar-refractivity contribution in [2.75, 3.05) is 13.1 Å². The molecule has 0 unspecified atom stereocenters. The average molecular weight is 456 g/mol. The summed E-state index contributed by atoms with van der Waals surface area (Å²) in [6.45, 7) is 3.50. The van der Waals surface area contributed by atoms with E-state index in [1.165, 1.54) is 30.9 Å². The third-order valence-corrected chi connectivity index (χ3v) is 6.59. The molecule has 29 heavy (non-hydrogen) atoms. The second-order valence-electron chi connectivity index (χ2n) is 7.14. The summed E-state index contributed by atoms with van der Waals surface area (Å²) in [5, 5.41) is 7.80. The number of carbonyl (C=O) groups excluding carboxylic acids is 1. The summed E-state index contributed by atoms with van der Waals surface area (Å²) in [6.07, 6.45) is 3.82. The number of primary sulfonamides is 1. The molecule has 0 spiro atoms. The minimum absolute atomic E-state index is 0.00168. The fourth-order valence-corrected chi connectivity index (χ4v) is 4.74. The number of hydrogen-bond donors (Lipinski definition) is 2. The zero-order valence-electron chi connectivity index (χ0n) is 15.8. The van der Waals surface area contributed by atoms with Crippen LogP contribution in [0.25, 0.3) is 0 Å². The van der Waals surface area contributed by atoms with E-state index in [4.69, 9.17) is 28.3 Å².